The Bertz CT molecular complexity index is 1160. The molecule has 2 aromatic carbocycles. The maximum absolute atomic E-state index is 15.1. The molecule has 0 bridgehead atoms. The van der Waals surface area contributed by atoms with Crippen LogP contribution in [-0.4, -0.2) is 29.0 Å². The second-order valence-electron chi connectivity index (χ2n) is 7.88. The number of benzene rings is 2. The van der Waals surface area contributed by atoms with E-state index in [1.54, 1.807) is 18.0 Å². The van der Waals surface area contributed by atoms with Gasteiger partial charge in [0.25, 0.3) is 5.79 Å². The van der Waals surface area contributed by atoms with Gasteiger partial charge in [0.15, 0.2) is 5.92 Å². The van der Waals surface area contributed by atoms with E-state index >= 15 is 4.39 Å². The van der Waals surface area contributed by atoms with Crippen molar-refractivity contribution in [3.8, 4) is 0 Å². The van der Waals surface area contributed by atoms with Crippen molar-refractivity contribution in [1.29, 1.82) is 0 Å². The van der Waals surface area contributed by atoms with E-state index in [0.29, 0.717) is 5.56 Å². The Morgan fingerprint density at radius 3 is 2.52 bits per heavy atom. The van der Waals surface area contributed by atoms with Gasteiger partial charge in [0, 0.05) is 47.6 Å². The number of carbonyl (C=O) groups is 2. The highest BCUT2D eigenvalue weighted by molar-refractivity contribution is 7.97. The summed E-state index contributed by atoms with van der Waals surface area (Å²) in [6.07, 6.45) is 3.72. The number of nitrogens with one attached hydrogen (secondary N) is 1. The molecule has 4 rings (SSSR count). The Labute approximate surface area is 188 Å². The minimum Gasteiger partial charge on any atom is -0.422 e. The minimum atomic E-state index is -1.38. The average Bonchev–Trinajstić information content (AvgIpc) is 3.09. The third-order valence-electron chi connectivity index (χ3n) is 5.30. The van der Waals surface area contributed by atoms with Gasteiger partial charge in [0.1, 0.15) is 5.82 Å². The molecule has 2 heterocycles. The third-order valence-corrected chi connectivity index (χ3v) is 6.13. The first-order valence-corrected chi connectivity index (χ1v) is 11.5. The van der Waals surface area contributed by atoms with E-state index in [1.165, 1.54) is 32.0 Å². The standard InChI is InChI=1S/C23H21ClFNO4S/c1-23(2)29-21(27)19(22(28)30-23)18(15-8-7-13(24)9-17(15)25)16-10-26-20-12(11-31-3)5-4-6-14(16)20/h4-10,18-19,26H,11H2,1-3H3. The lowest BCUT2D eigenvalue weighted by Gasteiger charge is -2.36. The molecule has 31 heavy (non-hydrogen) atoms. The number of H-pyrrole nitrogens is 1. The topological polar surface area (TPSA) is 68.4 Å². The van der Waals surface area contributed by atoms with Crippen LogP contribution in [0.25, 0.3) is 10.9 Å². The van der Waals surface area contributed by atoms with Crippen molar-refractivity contribution >= 4 is 46.2 Å². The fraction of sp³-hybridized carbons (Fsp3) is 0.304. The van der Waals surface area contributed by atoms with E-state index in [4.69, 9.17) is 21.1 Å². The van der Waals surface area contributed by atoms with Gasteiger partial charge in [-0.3, -0.25) is 9.59 Å². The Morgan fingerprint density at radius 1 is 1.16 bits per heavy atom. The zero-order valence-electron chi connectivity index (χ0n) is 17.2. The van der Waals surface area contributed by atoms with Crippen molar-refractivity contribution in [2.24, 2.45) is 5.92 Å². The Morgan fingerprint density at radius 2 is 1.87 bits per heavy atom. The van der Waals surface area contributed by atoms with Gasteiger partial charge in [0.2, 0.25) is 0 Å². The van der Waals surface area contributed by atoms with Crippen LogP contribution in [0, 0.1) is 11.7 Å². The molecule has 0 amide bonds. The summed E-state index contributed by atoms with van der Waals surface area (Å²) in [5.41, 5.74) is 2.72. The number of aromatic amines is 1. The number of fused-ring (bicyclic) bond motifs is 1. The number of carbonyl (C=O) groups excluding carboxylic acids is 2. The predicted molar refractivity (Wildman–Crippen MR) is 119 cm³/mol. The first kappa shape index (κ1) is 21.7. The van der Waals surface area contributed by atoms with Crippen LogP contribution in [0.3, 0.4) is 0 Å². The summed E-state index contributed by atoms with van der Waals surface area (Å²) in [4.78, 5) is 29.1. The summed E-state index contributed by atoms with van der Waals surface area (Å²) >= 11 is 7.62. The zero-order chi connectivity index (χ0) is 22.3. The van der Waals surface area contributed by atoms with Crippen LogP contribution in [0.1, 0.15) is 36.5 Å². The fourth-order valence-electron chi connectivity index (χ4n) is 4.05. The minimum absolute atomic E-state index is 0.166. The molecular formula is C23H21ClFNO4S. The molecule has 5 nitrogen and oxygen atoms in total. The van der Waals surface area contributed by atoms with E-state index in [9.17, 15) is 9.59 Å². The number of hydrogen-bond acceptors (Lipinski definition) is 5. The van der Waals surface area contributed by atoms with Crippen LogP contribution in [0.2, 0.25) is 5.02 Å². The second-order valence-corrected chi connectivity index (χ2v) is 9.18. The first-order valence-electron chi connectivity index (χ1n) is 9.70. The number of halogens is 2. The van der Waals surface area contributed by atoms with Crippen LogP contribution in [0.5, 0.6) is 0 Å². The van der Waals surface area contributed by atoms with Crippen molar-refractivity contribution in [2.45, 2.75) is 31.3 Å². The monoisotopic (exact) mass is 461 g/mol. The number of esters is 2. The first-order chi connectivity index (χ1) is 14.7. The highest BCUT2D eigenvalue weighted by Gasteiger charge is 2.49. The molecule has 0 aliphatic carbocycles. The molecule has 1 N–H and O–H groups in total. The van der Waals surface area contributed by atoms with Crippen molar-refractivity contribution in [2.75, 3.05) is 6.26 Å². The largest absolute Gasteiger partial charge is 0.422 e. The molecule has 1 atom stereocenters. The quantitative estimate of drug-likeness (QED) is 0.406. The Balaban J connectivity index is 1.92. The van der Waals surface area contributed by atoms with Crippen LogP contribution in [0.15, 0.2) is 42.6 Å². The Kier molecular flexibility index (Phi) is 5.75. The molecule has 8 heteroatoms. The Hall–Kier alpha value is -2.51. The number of aromatic nitrogens is 1. The summed E-state index contributed by atoms with van der Waals surface area (Å²) in [5.74, 6) is -5.03. The number of ether oxygens (including phenoxy) is 2. The highest BCUT2D eigenvalue weighted by Crippen LogP contribution is 2.42. The van der Waals surface area contributed by atoms with Crippen LogP contribution in [-0.2, 0) is 24.8 Å². The van der Waals surface area contributed by atoms with Gasteiger partial charge in [-0.15, -0.1) is 0 Å². The summed E-state index contributed by atoms with van der Waals surface area (Å²) in [5, 5.41) is 1.02. The molecule has 1 saturated heterocycles. The van der Waals surface area contributed by atoms with Crippen molar-refractivity contribution in [3.05, 3.63) is 70.1 Å². The SMILES string of the molecule is CSCc1cccc2c(C(c3ccc(Cl)cc3F)C3C(=O)OC(C)(C)OC3=O)c[nH]c12. The molecule has 0 radical (unpaired) electrons. The number of hydrogen-bond donors (Lipinski definition) is 1. The molecule has 3 aromatic rings. The summed E-state index contributed by atoms with van der Waals surface area (Å²) < 4.78 is 25.8. The van der Waals surface area contributed by atoms with Crippen molar-refractivity contribution in [3.63, 3.8) is 0 Å². The number of cyclic esters (lactones) is 2. The molecule has 1 unspecified atom stereocenters. The molecule has 162 valence electrons. The van der Waals surface area contributed by atoms with Gasteiger partial charge in [0.05, 0.1) is 0 Å². The van der Waals surface area contributed by atoms with Crippen LogP contribution in [0.4, 0.5) is 4.39 Å². The zero-order valence-corrected chi connectivity index (χ0v) is 18.8. The lowest BCUT2D eigenvalue weighted by atomic mass is 9.79. The van der Waals surface area contributed by atoms with E-state index in [0.717, 1.165) is 22.2 Å². The number of rotatable bonds is 5. The number of para-hydroxylation sites is 1. The lowest BCUT2D eigenvalue weighted by molar-refractivity contribution is -0.240. The molecule has 0 saturated carbocycles. The summed E-state index contributed by atoms with van der Waals surface area (Å²) in [6.45, 7) is 2.97. The maximum atomic E-state index is 15.1. The molecule has 1 aliphatic heterocycles. The van der Waals surface area contributed by atoms with Crippen LogP contribution < -0.4 is 0 Å². The summed E-state index contributed by atoms with van der Waals surface area (Å²) in [6, 6.07) is 9.98. The van der Waals surface area contributed by atoms with Gasteiger partial charge in [-0.1, -0.05) is 35.9 Å². The third kappa shape index (κ3) is 4.04. The van der Waals surface area contributed by atoms with E-state index < -0.39 is 35.4 Å². The van der Waals surface area contributed by atoms with E-state index in [2.05, 4.69) is 4.98 Å². The molecule has 1 fully saturated rings. The maximum Gasteiger partial charge on any atom is 0.324 e. The van der Waals surface area contributed by atoms with Gasteiger partial charge in [-0.25, -0.2) is 4.39 Å². The molecular weight excluding hydrogens is 441 g/mol. The van der Waals surface area contributed by atoms with Gasteiger partial charge in [-0.05, 0) is 35.1 Å². The fourth-order valence-corrected chi connectivity index (χ4v) is 4.76. The molecule has 1 aromatic heterocycles. The smallest absolute Gasteiger partial charge is 0.324 e. The normalized spacial score (nSPS) is 17.5. The van der Waals surface area contributed by atoms with E-state index in [-0.39, 0.29) is 10.6 Å². The average molecular weight is 462 g/mol. The predicted octanol–water partition coefficient (Wildman–Crippen LogP) is 5.41. The van der Waals surface area contributed by atoms with Gasteiger partial charge >= 0.3 is 11.9 Å². The second kappa shape index (κ2) is 8.20. The van der Waals surface area contributed by atoms with E-state index in [1.807, 2.05) is 24.5 Å². The highest BCUT2D eigenvalue weighted by atomic mass is 35.5. The van der Waals surface area contributed by atoms with Crippen molar-refractivity contribution < 1.29 is 23.5 Å². The number of thioether (sulfide) groups is 1. The van der Waals surface area contributed by atoms with Crippen LogP contribution >= 0.6 is 23.4 Å². The van der Waals surface area contributed by atoms with Gasteiger partial charge < -0.3 is 14.5 Å². The van der Waals surface area contributed by atoms with Crippen molar-refractivity contribution in [1.82, 2.24) is 4.98 Å². The molecule has 1 aliphatic rings. The lowest BCUT2D eigenvalue weighted by Crippen LogP contribution is -2.48. The molecule has 0 spiro atoms. The van der Waals surface area contributed by atoms with Gasteiger partial charge in [-0.2, -0.15) is 11.8 Å². The summed E-state index contributed by atoms with van der Waals surface area (Å²) in [7, 11) is 0.